The van der Waals surface area contributed by atoms with E-state index in [-0.39, 0.29) is 5.56 Å². The quantitative estimate of drug-likeness (QED) is 0.898. The van der Waals surface area contributed by atoms with Crippen LogP contribution in [0, 0.1) is 0 Å². The summed E-state index contributed by atoms with van der Waals surface area (Å²) in [5.41, 5.74) is 0.968. The fourth-order valence-corrected chi connectivity index (χ4v) is 3.27. The molecule has 1 unspecified atom stereocenters. The van der Waals surface area contributed by atoms with E-state index >= 15 is 0 Å². The molecular weight excluding hydrogens is 260 g/mol. The second-order valence-electron chi connectivity index (χ2n) is 4.84. The van der Waals surface area contributed by atoms with Gasteiger partial charge in [-0.3, -0.25) is 0 Å². The number of carbonyl (C=O) groups is 1. The van der Waals surface area contributed by atoms with Crippen molar-refractivity contribution >= 4 is 17.3 Å². The summed E-state index contributed by atoms with van der Waals surface area (Å²) >= 11 is 1.65. The first kappa shape index (κ1) is 12.4. The third kappa shape index (κ3) is 2.55. The fraction of sp³-hybridized carbons (Fsp3) is 0.267. The predicted molar refractivity (Wildman–Crippen MR) is 73.8 cm³/mol. The molecule has 1 aromatic heterocycles. The largest absolute Gasteiger partial charge is 0.478 e. The van der Waals surface area contributed by atoms with Crippen LogP contribution in [0.5, 0.6) is 0 Å². The minimum Gasteiger partial charge on any atom is -0.478 e. The van der Waals surface area contributed by atoms with Gasteiger partial charge >= 0.3 is 5.97 Å². The molecular formula is C15H14O3S. The molecule has 1 atom stereocenters. The molecule has 0 saturated heterocycles. The van der Waals surface area contributed by atoms with Gasteiger partial charge in [0.1, 0.15) is 6.10 Å². The summed E-state index contributed by atoms with van der Waals surface area (Å²) in [6.45, 7) is 0. The van der Waals surface area contributed by atoms with Crippen LogP contribution in [-0.4, -0.2) is 16.2 Å². The molecule has 1 saturated carbocycles. The van der Waals surface area contributed by atoms with Crippen LogP contribution in [0.3, 0.4) is 0 Å². The molecule has 2 N–H and O–H groups in total. The van der Waals surface area contributed by atoms with E-state index in [1.54, 1.807) is 23.5 Å². The Morgan fingerprint density at radius 1 is 1.16 bits per heavy atom. The topological polar surface area (TPSA) is 57.5 Å². The molecule has 0 bridgehead atoms. The maximum absolute atomic E-state index is 10.8. The van der Waals surface area contributed by atoms with Crippen LogP contribution in [0.1, 0.15) is 50.5 Å². The maximum atomic E-state index is 10.8. The van der Waals surface area contributed by atoms with Crippen molar-refractivity contribution in [2.24, 2.45) is 0 Å². The van der Waals surface area contributed by atoms with Gasteiger partial charge in [-0.25, -0.2) is 4.79 Å². The number of hydrogen-bond acceptors (Lipinski definition) is 3. The number of aliphatic hydroxyl groups excluding tert-OH is 1. The van der Waals surface area contributed by atoms with Crippen molar-refractivity contribution in [2.75, 3.05) is 0 Å². The average Bonchev–Trinajstić information content (AvgIpc) is 3.16. The van der Waals surface area contributed by atoms with E-state index in [2.05, 4.69) is 6.07 Å². The average molecular weight is 274 g/mol. The molecule has 19 heavy (non-hydrogen) atoms. The molecule has 0 spiro atoms. The Hall–Kier alpha value is -1.65. The molecule has 3 rings (SSSR count). The van der Waals surface area contributed by atoms with Crippen LogP contribution < -0.4 is 0 Å². The molecule has 0 radical (unpaired) electrons. The van der Waals surface area contributed by atoms with Crippen molar-refractivity contribution in [3.8, 4) is 0 Å². The molecule has 4 heteroatoms. The van der Waals surface area contributed by atoms with Gasteiger partial charge < -0.3 is 10.2 Å². The van der Waals surface area contributed by atoms with E-state index in [9.17, 15) is 9.90 Å². The minimum atomic E-state index is -0.951. The van der Waals surface area contributed by atoms with Crippen LogP contribution in [-0.2, 0) is 0 Å². The zero-order chi connectivity index (χ0) is 13.4. The van der Waals surface area contributed by atoms with Crippen molar-refractivity contribution in [3.63, 3.8) is 0 Å². The summed E-state index contributed by atoms with van der Waals surface area (Å²) in [4.78, 5) is 13.0. The number of benzene rings is 1. The standard InChI is InChI=1S/C15H14O3S/c16-14(10-3-5-11(6-4-10)15(17)18)13-8-7-12(19-13)9-1-2-9/h3-9,14,16H,1-2H2,(H,17,18). The maximum Gasteiger partial charge on any atom is 0.335 e. The van der Waals surface area contributed by atoms with Crippen LogP contribution in [0.25, 0.3) is 0 Å². The lowest BCUT2D eigenvalue weighted by molar-refractivity contribution is 0.0696. The van der Waals surface area contributed by atoms with E-state index < -0.39 is 12.1 Å². The van der Waals surface area contributed by atoms with E-state index in [1.165, 1.54) is 29.9 Å². The van der Waals surface area contributed by atoms with Crippen LogP contribution in [0.15, 0.2) is 36.4 Å². The first-order valence-corrected chi connectivity index (χ1v) is 7.08. The fourth-order valence-electron chi connectivity index (χ4n) is 2.07. The zero-order valence-electron chi connectivity index (χ0n) is 10.2. The van der Waals surface area contributed by atoms with Crippen molar-refractivity contribution in [1.82, 2.24) is 0 Å². The van der Waals surface area contributed by atoms with Gasteiger partial charge in [0.15, 0.2) is 0 Å². The van der Waals surface area contributed by atoms with E-state index in [0.29, 0.717) is 5.92 Å². The molecule has 1 fully saturated rings. The Morgan fingerprint density at radius 2 is 1.84 bits per heavy atom. The molecule has 0 amide bonds. The third-order valence-electron chi connectivity index (χ3n) is 3.37. The number of hydrogen-bond donors (Lipinski definition) is 2. The summed E-state index contributed by atoms with van der Waals surface area (Å²) in [6.07, 6.45) is 1.84. The Balaban J connectivity index is 1.81. The van der Waals surface area contributed by atoms with E-state index in [4.69, 9.17) is 5.11 Å². The molecule has 2 aromatic rings. The molecule has 1 aliphatic carbocycles. The summed E-state index contributed by atoms with van der Waals surface area (Å²) in [7, 11) is 0. The van der Waals surface area contributed by atoms with Gasteiger partial charge in [-0.15, -0.1) is 11.3 Å². The molecule has 0 aliphatic heterocycles. The normalized spacial score (nSPS) is 16.3. The lowest BCUT2D eigenvalue weighted by atomic mass is 10.1. The number of carboxylic acid groups (broad SMARTS) is 1. The van der Waals surface area contributed by atoms with Gasteiger partial charge in [-0.2, -0.15) is 0 Å². The Morgan fingerprint density at radius 3 is 2.42 bits per heavy atom. The van der Waals surface area contributed by atoms with Crippen molar-refractivity contribution in [3.05, 3.63) is 57.3 Å². The Labute approximate surface area is 115 Å². The zero-order valence-corrected chi connectivity index (χ0v) is 11.1. The number of aromatic carboxylic acids is 1. The number of aliphatic hydroxyl groups is 1. The third-order valence-corrected chi connectivity index (χ3v) is 4.67. The number of thiophene rings is 1. The van der Waals surface area contributed by atoms with Gasteiger partial charge in [0.25, 0.3) is 0 Å². The summed E-state index contributed by atoms with van der Waals surface area (Å²) < 4.78 is 0. The van der Waals surface area contributed by atoms with Crippen LogP contribution >= 0.6 is 11.3 Å². The van der Waals surface area contributed by atoms with Crippen molar-refractivity contribution < 1.29 is 15.0 Å². The van der Waals surface area contributed by atoms with Gasteiger partial charge in [-0.1, -0.05) is 12.1 Å². The highest BCUT2D eigenvalue weighted by Gasteiger charge is 2.26. The Bertz CT molecular complexity index is 596. The van der Waals surface area contributed by atoms with Crippen molar-refractivity contribution in [1.29, 1.82) is 0 Å². The van der Waals surface area contributed by atoms with Gasteiger partial charge in [0.2, 0.25) is 0 Å². The lowest BCUT2D eigenvalue weighted by Gasteiger charge is -2.09. The van der Waals surface area contributed by atoms with Crippen LogP contribution in [0.4, 0.5) is 0 Å². The summed E-state index contributed by atoms with van der Waals surface area (Å²) in [5.74, 6) is -0.256. The highest BCUT2D eigenvalue weighted by Crippen LogP contribution is 2.44. The molecule has 1 heterocycles. The highest BCUT2D eigenvalue weighted by atomic mass is 32.1. The monoisotopic (exact) mass is 274 g/mol. The first-order valence-electron chi connectivity index (χ1n) is 6.26. The second kappa shape index (κ2) is 4.79. The van der Waals surface area contributed by atoms with Gasteiger partial charge in [0.05, 0.1) is 5.56 Å². The molecule has 3 nitrogen and oxygen atoms in total. The highest BCUT2D eigenvalue weighted by molar-refractivity contribution is 7.12. The first-order chi connectivity index (χ1) is 9.15. The van der Waals surface area contributed by atoms with E-state index in [0.717, 1.165) is 10.4 Å². The summed E-state index contributed by atoms with van der Waals surface area (Å²) in [6, 6.07) is 10.4. The second-order valence-corrected chi connectivity index (χ2v) is 5.99. The smallest absolute Gasteiger partial charge is 0.335 e. The van der Waals surface area contributed by atoms with Crippen molar-refractivity contribution in [2.45, 2.75) is 24.9 Å². The predicted octanol–water partition coefficient (Wildman–Crippen LogP) is 3.41. The molecule has 1 aromatic carbocycles. The lowest BCUT2D eigenvalue weighted by Crippen LogP contribution is -2.00. The number of rotatable bonds is 4. The Kier molecular flexibility index (Phi) is 3.12. The molecule has 98 valence electrons. The van der Waals surface area contributed by atoms with Gasteiger partial charge in [-0.05, 0) is 48.6 Å². The SMILES string of the molecule is O=C(O)c1ccc(C(O)c2ccc(C3CC3)s2)cc1. The van der Waals surface area contributed by atoms with E-state index in [1.807, 2.05) is 6.07 Å². The number of carboxylic acids is 1. The molecule has 1 aliphatic rings. The summed E-state index contributed by atoms with van der Waals surface area (Å²) in [5, 5.41) is 19.1. The van der Waals surface area contributed by atoms with Crippen LogP contribution in [0.2, 0.25) is 0 Å². The van der Waals surface area contributed by atoms with Gasteiger partial charge in [0, 0.05) is 9.75 Å². The minimum absolute atomic E-state index is 0.237.